The van der Waals surface area contributed by atoms with Gasteiger partial charge in [-0.25, -0.2) is 4.98 Å². The molecule has 0 saturated heterocycles. The zero-order chi connectivity index (χ0) is 12.5. The number of rotatable bonds is 3. The van der Waals surface area contributed by atoms with Crippen LogP contribution in [-0.4, -0.2) is 16.1 Å². The lowest BCUT2D eigenvalue weighted by Crippen LogP contribution is -2.01. The van der Waals surface area contributed by atoms with Crippen LogP contribution >= 0.6 is 0 Å². The summed E-state index contributed by atoms with van der Waals surface area (Å²) in [5.41, 5.74) is 7.91. The van der Waals surface area contributed by atoms with Crippen molar-refractivity contribution >= 4 is 11.5 Å². The van der Waals surface area contributed by atoms with Crippen LogP contribution in [0.15, 0.2) is 42.6 Å². The molecule has 1 aliphatic rings. The first-order valence-electron chi connectivity index (χ1n) is 6.00. The Balaban J connectivity index is 1.71. The number of hydrogen-bond acceptors (Lipinski definition) is 4. The van der Waals surface area contributed by atoms with Gasteiger partial charge >= 0.3 is 0 Å². The molecule has 0 bridgehead atoms. The normalized spacial score (nSPS) is 21.6. The molecule has 4 heteroatoms. The molecule has 0 aliphatic heterocycles. The smallest absolute Gasteiger partial charge is 0.130 e. The summed E-state index contributed by atoms with van der Waals surface area (Å²) in [7, 11) is 0. The Kier molecular flexibility index (Phi) is 2.64. The van der Waals surface area contributed by atoms with Gasteiger partial charge < -0.3 is 16.2 Å². The van der Waals surface area contributed by atoms with Crippen LogP contribution < -0.4 is 11.1 Å². The zero-order valence-electron chi connectivity index (χ0n) is 9.88. The highest BCUT2D eigenvalue weighted by Crippen LogP contribution is 2.38. The molecule has 1 saturated carbocycles. The second kappa shape index (κ2) is 4.31. The minimum absolute atomic E-state index is 0.256. The number of aromatic nitrogens is 1. The van der Waals surface area contributed by atoms with Gasteiger partial charge in [-0.1, -0.05) is 6.07 Å². The van der Waals surface area contributed by atoms with Crippen LogP contribution in [0.3, 0.4) is 0 Å². The van der Waals surface area contributed by atoms with E-state index in [0.717, 1.165) is 17.9 Å². The van der Waals surface area contributed by atoms with Crippen molar-refractivity contribution in [2.24, 2.45) is 5.73 Å². The Morgan fingerprint density at radius 2 is 1.89 bits per heavy atom. The summed E-state index contributed by atoms with van der Waals surface area (Å²) in [6, 6.07) is 11.2. The maximum absolute atomic E-state index is 9.20. The fourth-order valence-electron chi connectivity index (χ4n) is 1.99. The second-order valence-corrected chi connectivity index (χ2v) is 4.65. The average molecular weight is 241 g/mol. The van der Waals surface area contributed by atoms with Gasteiger partial charge in [-0.05, 0) is 42.3 Å². The molecule has 92 valence electrons. The molecule has 1 aromatic heterocycles. The number of nitrogens with zero attached hydrogens (tertiary/aromatic N) is 1. The Hall–Kier alpha value is -2.07. The maximum atomic E-state index is 9.20. The highest BCUT2D eigenvalue weighted by atomic mass is 16.3. The number of hydrogen-bond donors (Lipinski definition) is 3. The number of phenols is 1. The number of benzene rings is 1. The highest BCUT2D eigenvalue weighted by molar-refractivity contribution is 5.57. The topological polar surface area (TPSA) is 71.2 Å². The largest absolute Gasteiger partial charge is 0.508 e. The van der Waals surface area contributed by atoms with Gasteiger partial charge in [0.2, 0.25) is 0 Å². The molecule has 1 heterocycles. The van der Waals surface area contributed by atoms with E-state index in [0.29, 0.717) is 12.0 Å². The fraction of sp³-hybridized carbons (Fsp3) is 0.214. The summed E-state index contributed by atoms with van der Waals surface area (Å²) in [4.78, 5) is 4.36. The summed E-state index contributed by atoms with van der Waals surface area (Å²) in [6.45, 7) is 0. The summed E-state index contributed by atoms with van der Waals surface area (Å²) in [5.74, 6) is 1.53. The third-order valence-electron chi connectivity index (χ3n) is 3.19. The van der Waals surface area contributed by atoms with E-state index in [2.05, 4.69) is 16.4 Å². The number of phenolic OH excluding ortho intramolecular Hbond substituents is 1. The lowest BCUT2D eigenvalue weighted by atomic mass is 10.2. The quantitative estimate of drug-likeness (QED) is 0.721. The predicted octanol–water partition coefficient (Wildman–Crippen LogP) is 2.35. The molecule has 0 amide bonds. The molecular weight excluding hydrogens is 226 g/mol. The molecule has 1 fully saturated rings. The Labute approximate surface area is 105 Å². The second-order valence-electron chi connectivity index (χ2n) is 4.65. The lowest BCUT2D eigenvalue weighted by molar-refractivity contribution is 0.475. The van der Waals surface area contributed by atoms with Crippen LogP contribution in [0.4, 0.5) is 11.5 Å². The van der Waals surface area contributed by atoms with E-state index < -0.39 is 0 Å². The van der Waals surface area contributed by atoms with Gasteiger partial charge in [0, 0.05) is 23.8 Å². The molecule has 18 heavy (non-hydrogen) atoms. The molecule has 0 unspecified atom stereocenters. The van der Waals surface area contributed by atoms with Crippen LogP contribution in [0, 0.1) is 0 Å². The third kappa shape index (κ3) is 2.28. The van der Waals surface area contributed by atoms with Crippen LogP contribution in [0.2, 0.25) is 0 Å². The van der Waals surface area contributed by atoms with Crippen molar-refractivity contribution in [3.05, 3.63) is 48.2 Å². The van der Waals surface area contributed by atoms with Crippen molar-refractivity contribution in [1.82, 2.24) is 4.98 Å². The first-order chi connectivity index (χ1) is 8.72. The number of anilines is 2. The number of pyridine rings is 1. The van der Waals surface area contributed by atoms with Crippen molar-refractivity contribution < 1.29 is 5.11 Å². The summed E-state index contributed by atoms with van der Waals surface area (Å²) in [5, 5.41) is 12.4. The molecular formula is C14H15N3O. The van der Waals surface area contributed by atoms with Crippen molar-refractivity contribution in [3.63, 3.8) is 0 Å². The average Bonchev–Trinajstić information content (AvgIpc) is 3.10. The van der Waals surface area contributed by atoms with Crippen LogP contribution in [0.25, 0.3) is 0 Å². The zero-order valence-corrected chi connectivity index (χ0v) is 9.88. The van der Waals surface area contributed by atoms with Crippen LogP contribution in [0.1, 0.15) is 17.9 Å². The van der Waals surface area contributed by atoms with E-state index in [1.807, 2.05) is 24.4 Å². The Morgan fingerprint density at radius 3 is 2.44 bits per heavy atom. The van der Waals surface area contributed by atoms with Gasteiger partial charge in [0.25, 0.3) is 0 Å². The van der Waals surface area contributed by atoms with Gasteiger partial charge in [0.05, 0.1) is 0 Å². The van der Waals surface area contributed by atoms with E-state index in [-0.39, 0.29) is 5.75 Å². The van der Waals surface area contributed by atoms with Crippen LogP contribution in [-0.2, 0) is 0 Å². The van der Waals surface area contributed by atoms with Gasteiger partial charge in [-0.15, -0.1) is 0 Å². The van der Waals surface area contributed by atoms with E-state index in [4.69, 9.17) is 5.73 Å². The molecule has 1 aromatic carbocycles. The van der Waals surface area contributed by atoms with E-state index in [1.54, 1.807) is 12.1 Å². The molecule has 2 atom stereocenters. The van der Waals surface area contributed by atoms with Gasteiger partial charge in [-0.2, -0.15) is 0 Å². The first kappa shape index (κ1) is 11.0. The number of nitrogens with two attached hydrogens (primary N) is 1. The molecule has 0 spiro atoms. The lowest BCUT2D eigenvalue weighted by Gasteiger charge is -2.06. The van der Waals surface area contributed by atoms with Crippen molar-refractivity contribution in [2.75, 3.05) is 5.32 Å². The highest BCUT2D eigenvalue weighted by Gasteiger charge is 2.34. The number of aromatic hydroxyl groups is 1. The van der Waals surface area contributed by atoms with Crippen LogP contribution in [0.5, 0.6) is 5.75 Å². The van der Waals surface area contributed by atoms with E-state index >= 15 is 0 Å². The molecule has 4 nitrogen and oxygen atoms in total. The number of nitrogens with one attached hydrogen (secondary N) is 1. The van der Waals surface area contributed by atoms with Gasteiger partial charge in [0.15, 0.2) is 0 Å². The van der Waals surface area contributed by atoms with Gasteiger partial charge in [0.1, 0.15) is 11.6 Å². The Morgan fingerprint density at radius 1 is 1.17 bits per heavy atom. The van der Waals surface area contributed by atoms with Gasteiger partial charge in [-0.3, -0.25) is 0 Å². The van der Waals surface area contributed by atoms with E-state index in [1.165, 1.54) is 5.56 Å². The van der Waals surface area contributed by atoms with Crippen molar-refractivity contribution in [1.29, 1.82) is 0 Å². The summed E-state index contributed by atoms with van der Waals surface area (Å²) < 4.78 is 0. The molecule has 4 N–H and O–H groups in total. The van der Waals surface area contributed by atoms with Crippen molar-refractivity contribution in [3.8, 4) is 5.75 Å². The summed E-state index contributed by atoms with van der Waals surface area (Å²) in [6.07, 6.45) is 2.94. The van der Waals surface area contributed by atoms with E-state index in [9.17, 15) is 5.11 Å². The van der Waals surface area contributed by atoms with Crippen molar-refractivity contribution in [2.45, 2.75) is 18.4 Å². The monoisotopic (exact) mass is 241 g/mol. The standard InChI is InChI=1S/C14H15N3O/c15-13-7-12(13)9-1-6-14(16-8-9)17-10-2-4-11(18)5-3-10/h1-6,8,12-13,18H,7,15H2,(H,16,17)/t12-,13+/m0/s1. The minimum atomic E-state index is 0.256. The molecule has 3 rings (SSSR count). The predicted molar refractivity (Wildman–Crippen MR) is 71.0 cm³/mol. The molecule has 1 aliphatic carbocycles. The minimum Gasteiger partial charge on any atom is -0.508 e. The maximum Gasteiger partial charge on any atom is 0.130 e. The molecule has 0 radical (unpaired) electrons. The summed E-state index contributed by atoms with van der Waals surface area (Å²) >= 11 is 0. The SMILES string of the molecule is N[C@@H]1C[C@H]1c1ccc(Nc2ccc(O)cc2)nc1. The third-order valence-corrected chi connectivity index (χ3v) is 3.19. The Bertz CT molecular complexity index is 536. The molecule has 2 aromatic rings. The fourth-order valence-corrected chi connectivity index (χ4v) is 1.99. The first-order valence-corrected chi connectivity index (χ1v) is 6.00.